The molecule has 4 rings (SSSR count). The van der Waals surface area contributed by atoms with Gasteiger partial charge >= 0.3 is 0 Å². The molecule has 1 aromatic heterocycles. The molecule has 2 heterocycles. The SMILES string of the molecule is CCS(=O)(=O)N1CCC(c2c[nH]c3ccc(-c4cc(CN(C)C)cc(CN(C)C)c4)cc23)CC1. The molecule has 0 atom stereocenters. The molecule has 0 bridgehead atoms. The van der Waals surface area contributed by atoms with Crippen LogP contribution in [0.3, 0.4) is 0 Å². The van der Waals surface area contributed by atoms with Crippen LogP contribution in [0, 0.1) is 0 Å². The molecule has 0 saturated carbocycles. The summed E-state index contributed by atoms with van der Waals surface area (Å²) in [5, 5.41) is 1.25. The van der Waals surface area contributed by atoms with Gasteiger partial charge in [0, 0.05) is 43.3 Å². The lowest BCUT2D eigenvalue weighted by atomic mass is 9.89. The van der Waals surface area contributed by atoms with Crippen molar-refractivity contribution in [3.63, 3.8) is 0 Å². The maximum atomic E-state index is 12.3. The smallest absolute Gasteiger partial charge is 0.213 e. The van der Waals surface area contributed by atoms with E-state index in [4.69, 9.17) is 0 Å². The molecule has 0 spiro atoms. The predicted molar refractivity (Wildman–Crippen MR) is 142 cm³/mol. The van der Waals surface area contributed by atoms with E-state index in [2.05, 4.69) is 85.6 Å². The Kier molecular flexibility index (Phi) is 7.48. The van der Waals surface area contributed by atoms with E-state index in [0.29, 0.717) is 19.0 Å². The molecule has 0 amide bonds. The Labute approximate surface area is 204 Å². The van der Waals surface area contributed by atoms with Crippen LogP contribution in [0.2, 0.25) is 0 Å². The predicted octanol–water partition coefficient (Wildman–Crippen LogP) is 4.49. The summed E-state index contributed by atoms with van der Waals surface area (Å²) in [4.78, 5) is 7.86. The summed E-state index contributed by atoms with van der Waals surface area (Å²) in [5.74, 6) is 0.549. The van der Waals surface area contributed by atoms with Crippen molar-refractivity contribution in [1.29, 1.82) is 0 Å². The minimum absolute atomic E-state index is 0.177. The molecule has 0 radical (unpaired) electrons. The zero-order valence-electron chi connectivity index (χ0n) is 21.1. The zero-order valence-corrected chi connectivity index (χ0v) is 22.0. The van der Waals surface area contributed by atoms with Gasteiger partial charge in [0.2, 0.25) is 10.0 Å². The van der Waals surface area contributed by atoms with Gasteiger partial charge in [-0.05, 0) is 106 Å². The molecule has 1 saturated heterocycles. The Bertz CT molecular complexity index is 1210. The van der Waals surface area contributed by atoms with Gasteiger partial charge in [-0.25, -0.2) is 12.7 Å². The Hall–Kier alpha value is -2.19. The molecule has 0 unspecified atom stereocenters. The fraction of sp³-hybridized carbons (Fsp3) is 0.481. The number of piperidine rings is 1. The van der Waals surface area contributed by atoms with Crippen LogP contribution < -0.4 is 0 Å². The average molecular weight is 483 g/mol. The molecule has 2 aromatic carbocycles. The van der Waals surface area contributed by atoms with Gasteiger partial charge in [-0.2, -0.15) is 0 Å². The number of rotatable bonds is 8. The first-order chi connectivity index (χ1) is 16.2. The van der Waals surface area contributed by atoms with Crippen molar-refractivity contribution in [2.24, 2.45) is 0 Å². The number of aromatic nitrogens is 1. The molecule has 1 N–H and O–H groups in total. The quantitative estimate of drug-likeness (QED) is 0.514. The number of benzene rings is 2. The van der Waals surface area contributed by atoms with Crippen molar-refractivity contribution < 1.29 is 8.42 Å². The summed E-state index contributed by atoms with van der Waals surface area (Å²) in [6.07, 6.45) is 3.85. The average Bonchev–Trinajstić information content (AvgIpc) is 3.21. The van der Waals surface area contributed by atoms with Gasteiger partial charge in [-0.3, -0.25) is 0 Å². The van der Waals surface area contributed by atoms with Crippen LogP contribution in [0.25, 0.3) is 22.0 Å². The third kappa shape index (κ3) is 5.54. The zero-order chi connectivity index (χ0) is 24.5. The summed E-state index contributed by atoms with van der Waals surface area (Å²) in [5.41, 5.74) is 7.55. The summed E-state index contributed by atoms with van der Waals surface area (Å²) in [6, 6.07) is 13.6. The van der Waals surface area contributed by atoms with E-state index in [1.54, 1.807) is 11.2 Å². The highest BCUT2D eigenvalue weighted by molar-refractivity contribution is 7.89. The third-order valence-electron chi connectivity index (χ3n) is 6.75. The van der Waals surface area contributed by atoms with Gasteiger partial charge in [0.05, 0.1) is 5.75 Å². The van der Waals surface area contributed by atoms with Crippen LogP contribution in [0.4, 0.5) is 0 Å². The van der Waals surface area contributed by atoms with Crippen molar-refractivity contribution in [3.8, 4) is 11.1 Å². The van der Waals surface area contributed by atoms with E-state index in [0.717, 1.165) is 31.4 Å². The second-order valence-electron chi connectivity index (χ2n) is 10.1. The van der Waals surface area contributed by atoms with Crippen LogP contribution in [0.15, 0.2) is 42.6 Å². The van der Waals surface area contributed by atoms with E-state index >= 15 is 0 Å². The normalized spacial score (nSPS) is 16.2. The highest BCUT2D eigenvalue weighted by Crippen LogP contribution is 2.36. The second-order valence-corrected chi connectivity index (χ2v) is 12.3. The summed E-state index contributed by atoms with van der Waals surface area (Å²) < 4.78 is 26.2. The van der Waals surface area contributed by atoms with E-state index in [1.165, 1.54) is 33.2 Å². The maximum absolute atomic E-state index is 12.3. The first kappa shape index (κ1) is 24.9. The van der Waals surface area contributed by atoms with Crippen LogP contribution in [-0.2, 0) is 23.1 Å². The largest absolute Gasteiger partial charge is 0.361 e. The number of aromatic amines is 1. The monoisotopic (exact) mass is 482 g/mol. The second kappa shape index (κ2) is 10.2. The molecular weight excluding hydrogens is 444 g/mol. The molecule has 184 valence electrons. The number of H-pyrrole nitrogens is 1. The Balaban J connectivity index is 1.65. The maximum Gasteiger partial charge on any atom is 0.213 e. The molecular formula is C27H38N4O2S. The van der Waals surface area contributed by atoms with Gasteiger partial charge < -0.3 is 14.8 Å². The third-order valence-corrected chi connectivity index (χ3v) is 8.63. The number of nitrogens with zero attached hydrogens (tertiary/aromatic N) is 3. The first-order valence-corrected chi connectivity index (χ1v) is 13.8. The number of hydrogen-bond acceptors (Lipinski definition) is 4. The fourth-order valence-electron chi connectivity index (χ4n) is 5.13. The Morgan fingerprint density at radius 3 is 2.09 bits per heavy atom. The van der Waals surface area contributed by atoms with Crippen LogP contribution in [0.1, 0.15) is 42.4 Å². The fourth-order valence-corrected chi connectivity index (χ4v) is 6.26. The highest BCUT2D eigenvalue weighted by atomic mass is 32.2. The summed E-state index contributed by atoms with van der Waals surface area (Å²) in [7, 11) is 5.31. The molecule has 34 heavy (non-hydrogen) atoms. The first-order valence-electron chi connectivity index (χ1n) is 12.2. The lowest BCUT2D eigenvalue weighted by Gasteiger charge is -2.30. The van der Waals surface area contributed by atoms with Crippen molar-refractivity contribution in [3.05, 3.63) is 59.3 Å². The topological polar surface area (TPSA) is 59.7 Å². The number of sulfonamides is 1. The number of fused-ring (bicyclic) bond motifs is 1. The highest BCUT2D eigenvalue weighted by Gasteiger charge is 2.28. The number of nitrogens with one attached hydrogen (secondary N) is 1. The van der Waals surface area contributed by atoms with Crippen molar-refractivity contribution >= 4 is 20.9 Å². The molecule has 1 aliphatic rings. The van der Waals surface area contributed by atoms with Gasteiger partial charge in [-0.1, -0.05) is 12.1 Å². The van der Waals surface area contributed by atoms with Crippen molar-refractivity contribution in [2.45, 2.75) is 38.8 Å². The molecule has 1 aliphatic heterocycles. The standard InChI is InChI=1S/C27H38N4O2S/c1-6-34(32,33)31-11-9-22(10-12-31)26-17-28-27-8-7-23(16-25(26)27)24-14-20(18-29(2)3)13-21(15-24)19-30(4)5/h7-8,13-17,22,28H,6,9-12,18-19H2,1-5H3. The van der Waals surface area contributed by atoms with E-state index < -0.39 is 10.0 Å². The lowest BCUT2D eigenvalue weighted by Crippen LogP contribution is -2.38. The van der Waals surface area contributed by atoms with Gasteiger partial charge in [0.25, 0.3) is 0 Å². The van der Waals surface area contributed by atoms with Crippen molar-refractivity contribution in [1.82, 2.24) is 19.1 Å². The Morgan fingerprint density at radius 1 is 0.912 bits per heavy atom. The summed E-state index contributed by atoms with van der Waals surface area (Å²) >= 11 is 0. The van der Waals surface area contributed by atoms with E-state index in [1.807, 2.05) is 0 Å². The van der Waals surface area contributed by atoms with E-state index in [9.17, 15) is 8.42 Å². The minimum atomic E-state index is -3.11. The summed E-state index contributed by atoms with van der Waals surface area (Å²) in [6.45, 7) is 4.75. The van der Waals surface area contributed by atoms with Crippen molar-refractivity contribution in [2.75, 3.05) is 47.0 Å². The van der Waals surface area contributed by atoms with E-state index in [-0.39, 0.29) is 5.75 Å². The molecule has 7 heteroatoms. The van der Waals surface area contributed by atoms with Gasteiger partial charge in [0.1, 0.15) is 0 Å². The van der Waals surface area contributed by atoms with Crippen LogP contribution in [0.5, 0.6) is 0 Å². The molecule has 3 aromatic rings. The minimum Gasteiger partial charge on any atom is -0.361 e. The van der Waals surface area contributed by atoms with Gasteiger partial charge in [0.15, 0.2) is 0 Å². The van der Waals surface area contributed by atoms with Crippen LogP contribution >= 0.6 is 0 Å². The molecule has 6 nitrogen and oxygen atoms in total. The van der Waals surface area contributed by atoms with Crippen LogP contribution in [-0.4, -0.2) is 74.5 Å². The molecule has 0 aliphatic carbocycles. The lowest BCUT2D eigenvalue weighted by molar-refractivity contribution is 0.321. The Morgan fingerprint density at radius 2 is 1.53 bits per heavy atom. The van der Waals surface area contributed by atoms with Gasteiger partial charge in [-0.15, -0.1) is 0 Å². The number of hydrogen-bond donors (Lipinski definition) is 1. The molecule has 1 fully saturated rings.